The summed E-state index contributed by atoms with van der Waals surface area (Å²) in [6.07, 6.45) is -0.489. The number of halogens is 3. The monoisotopic (exact) mass is 263 g/mol. The molecule has 1 atom stereocenters. The Balaban J connectivity index is 2.71. The highest BCUT2D eigenvalue weighted by molar-refractivity contribution is 9.10. The van der Waals surface area contributed by atoms with Crippen LogP contribution in [-0.4, -0.2) is 12.7 Å². The molecule has 1 unspecified atom stereocenters. The van der Waals surface area contributed by atoms with Gasteiger partial charge in [-0.15, -0.1) is 0 Å². The Kier molecular flexibility index (Phi) is 4.48. The van der Waals surface area contributed by atoms with Crippen LogP contribution < -0.4 is 5.73 Å². The van der Waals surface area contributed by atoms with Crippen LogP contribution in [0.1, 0.15) is 12.0 Å². The molecule has 0 aliphatic carbocycles. The third-order valence-corrected chi connectivity index (χ3v) is 2.84. The van der Waals surface area contributed by atoms with Crippen molar-refractivity contribution in [3.05, 3.63) is 34.1 Å². The smallest absolute Gasteiger partial charge is 0.137 e. The minimum atomic E-state index is -1.00. The number of nitrogens with two attached hydrogens (primary N) is 1. The zero-order chi connectivity index (χ0) is 10.6. The van der Waals surface area contributed by atoms with Crippen LogP contribution in [0.15, 0.2) is 22.7 Å². The molecule has 0 aliphatic heterocycles. The highest BCUT2D eigenvalue weighted by atomic mass is 79.9. The third-order valence-electron chi connectivity index (χ3n) is 1.95. The van der Waals surface area contributed by atoms with Crippen LogP contribution in [0.3, 0.4) is 0 Å². The average molecular weight is 264 g/mol. The zero-order valence-corrected chi connectivity index (χ0v) is 9.23. The molecule has 4 heteroatoms. The summed E-state index contributed by atoms with van der Waals surface area (Å²) in [4.78, 5) is 0. The number of hydrogen-bond donors (Lipinski definition) is 1. The first-order valence-electron chi connectivity index (χ1n) is 4.42. The van der Waals surface area contributed by atoms with Crippen LogP contribution >= 0.6 is 15.9 Å². The minimum Gasteiger partial charge on any atom is -0.330 e. The summed E-state index contributed by atoms with van der Waals surface area (Å²) in [7, 11) is 0. The average Bonchev–Trinajstić information content (AvgIpc) is 2.13. The van der Waals surface area contributed by atoms with E-state index < -0.39 is 6.17 Å². The molecule has 0 aromatic heterocycles. The number of hydrogen-bond acceptors (Lipinski definition) is 1. The van der Waals surface area contributed by atoms with Gasteiger partial charge in [-0.25, -0.2) is 8.78 Å². The lowest BCUT2D eigenvalue weighted by molar-refractivity contribution is 0.316. The van der Waals surface area contributed by atoms with Crippen LogP contribution in [0, 0.1) is 5.82 Å². The van der Waals surface area contributed by atoms with Gasteiger partial charge in [0, 0.05) is 6.42 Å². The van der Waals surface area contributed by atoms with Crippen LogP contribution in [0.5, 0.6) is 0 Å². The van der Waals surface area contributed by atoms with Gasteiger partial charge in [0.05, 0.1) is 4.47 Å². The van der Waals surface area contributed by atoms with Crippen LogP contribution in [-0.2, 0) is 6.42 Å². The SMILES string of the molecule is NCCC(F)Cc1cccc(F)c1Br. The Morgan fingerprint density at radius 2 is 2.14 bits per heavy atom. The van der Waals surface area contributed by atoms with Crippen molar-refractivity contribution in [1.29, 1.82) is 0 Å². The summed E-state index contributed by atoms with van der Waals surface area (Å²) in [5.41, 5.74) is 5.87. The standard InChI is InChI=1S/C10H12BrF2N/c11-10-7(2-1-3-9(10)13)6-8(12)4-5-14/h1-3,8H,4-6,14H2. The van der Waals surface area contributed by atoms with E-state index >= 15 is 0 Å². The van der Waals surface area contributed by atoms with Crippen LogP contribution in [0.25, 0.3) is 0 Å². The predicted octanol–water partition coefficient (Wildman–Crippen LogP) is 2.82. The molecule has 0 radical (unpaired) electrons. The maximum atomic E-state index is 13.2. The van der Waals surface area contributed by atoms with Crippen molar-refractivity contribution in [2.24, 2.45) is 5.73 Å². The van der Waals surface area contributed by atoms with Crippen LogP contribution in [0.2, 0.25) is 0 Å². The van der Waals surface area contributed by atoms with Gasteiger partial charge in [0.2, 0.25) is 0 Å². The maximum absolute atomic E-state index is 13.2. The van der Waals surface area contributed by atoms with E-state index in [1.165, 1.54) is 6.07 Å². The molecule has 0 spiro atoms. The van der Waals surface area contributed by atoms with Gasteiger partial charge in [0.1, 0.15) is 12.0 Å². The predicted molar refractivity (Wildman–Crippen MR) is 56.4 cm³/mol. The van der Waals surface area contributed by atoms with Gasteiger partial charge in [-0.2, -0.15) is 0 Å². The van der Waals surface area contributed by atoms with Crippen molar-refractivity contribution in [1.82, 2.24) is 0 Å². The number of alkyl halides is 1. The molecule has 14 heavy (non-hydrogen) atoms. The molecule has 0 heterocycles. The zero-order valence-electron chi connectivity index (χ0n) is 7.64. The summed E-state index contributed by atoms with van der Waals surface area (Å²) in [5, 5.41) is 0. The Morgan fingerprint density at radius 1 is 1.43 bits per heavy atom. The second-order valence-electron chi connectivity index (χ2n) is 3.09. The molecule has 1 aromatic carbocycles. The fraction of sp³-hybridized carbons (Fsp3) is 0.400. The lowest BCUT2D eigenvalue weighted by atomic mass is 10.1. The largest absolute Gasteiger partial charge is 0.330 e. The molecule has 1 aromatic rings. The molecule has 0 saturated heterocycles. The molecule has 2 N–H and O–H groups in total. The van der Waals surface area contributed by atoms with E-state index in [-0.39, 0.29) is 12.2 Å². The van der Waals surface area contributed by atoms with E-state index in [0.717, 1.165) is 0 Å². The highest BCUT2D eigenvalue weighted by Crippen LogP contribution is 2.22. The minimum absolute atomic E-state index is 0.204. The highest BCUT2D eigenvalue weighted by Gasteiger charge is 2.11. The van der Waals surface area contributed by atoms with E-state index in [9.17, 15) is 8.78 Å². The normalized spacial score (nSPS) is 12.9. The van der Waals surface area contributed by atoms with E-state index in [1.54, 1.807) is 12.1 Å². The van der Waals surface area contributed by atoms with E-state index in [1.807, 2.05) is 0 Å². The first kappa shape index (κ1) is 11.6. The molecule has 1 rings (SSSR count). The van der Waals surface area contributed by atoms with Crippen molar-refractivity contribution in [2.45, 2.75) is 19.0 Å². The van der Waals surface area contributed by atoms with Gasteiger partial charge in [0.15, 0.2) is 0 Å². The van der Waals surface area contributed by atoms with Gasteiger partial charge < -0.3 is 5.73 Å². The topological polar surface area (TPSA) is 26.0 Å². The Bertz CT molecular complexity index is 304. The van der Waals surface area contributed by atoms with Gasteiger partial charge in [0.25, 0.3) is 0 Å². The summed E-state index contributed by atoms with van der Waals surface area (Å²) in [5.74, 6) is -0.359. The molecule has 0 fully saturated rings. The van der Waals surface area contributed by atoms with E-state index in [0.29, 0.717) is 23.0 Å². The molecular weight excluding hydrogens is 252 g/mol. The second kappa shape index (κ2) is 5.41. The van der Waals surface area contributed by atoms with Crippen LogP contribution in [0.4, 0.5) is 8.78 Å². The molecule has 0 amide bonds. The Hall–Kier alpha value is -0.480. The fourth-order valence-electron chi connectivity index (χ4n) is 1.23. The Labute approximate surface area is 90.4 Å². The quantitative estimate of drug-likeness (QED) is 0.889. The van der Waals surface area contributed by atoms with Crippen molar-refractivity contribution in [3.8, 4) is 0 Å². The van der Waals surface area contributed by atoms with Gasteiger partial charge in [-0.1, -0.05) is 12.1 Å². The summed E-state index contributed by atoms with van der Waals surface area (Å²) in [6.45, 7) is 0.314. The number of rotatable bonds is 4. The van der Waals surface area contributed by atoms with E-state index in [2.05, 4.69) is 15.9 Å². The van der Waals surface area contributed by atoms with Crippen molar-refractivity contribution >= 4 is 15.9 Å². The molecule has 0 bridgehead atoms. The summed E-state index contributed by atoms with van der Waals surface area (Å²) >= 11 is 3.09. The Morgan fingerprint density at radius 3 is 2.79 bits per heavy atom. The molecular formula is C10H12BrF2N. The summed E-state index contributed by atoms with van der Waals surface area (Å²) < 4.78 is 26.5. The molecule has 0 saturated carbocycles. The molecule has 0 aliphatic rings. The summed E-state index contributed by atoms with van der Waals surface area (Å²) in [6, 6.07) is 4.62. The second-order valence-corrected chi connectivity index (χ2v) is 3.88. The fourth-order valence-corrected chi connectivity index (χ4v) is 1.65. The lowest BCUT2D eigenvalue weighted by Crippen LogP contribution is -2.12. The van der Waals surface area contributed by atoms with Gasteiger partial charge in [-0.3, -0.25) is 0 Å². The number of benzene rings is 1. The molecule has 1 nitrogen and oxygen atoms in total. The van der Waals surface area contributed by atoms with Gasteiger partial charge >= 0.3 is 0 Å². The first-order chi connectivity index (χ1) is 6.65. The van der Waals surface area contributed by atoms with Gasteiger partial charge in [-0.05, 0) is 40.5 Å². The van der Waals surface area contributed by atoms with Crippen molar-refractivity contribution < 1.29 is 8.78 Å². The van der Waals surface area contributed by atoms with E-state index in [4.69, 9.17) is 5.73 Å². The first-order valence-corrected chi connectivity index (χ1v) is 5.21. The third kappa shape index (κ3) is 3.03. The lowest BCUT2D eigenvalue weighted by Gasteiger charge is -2.08. The van der Waals surface area contributed by atoms with Crippen molar-refractivity contribution in [3.63, 3.8) is 0 Å². The van der Waals surface area contributed by atoms with Crippen molar-refractivity contribution in [2.75, 3.05) is 6.54 Å². The molecule has 78 valence electrons. The maximum Gasteiger partial charge on any atom is 0.137 e.